The Morgan fingerprint density at radius 3 is 2.67 bits per heavy atom. The van der Waals surface area contributed by atoms with Gasteiger partial charge >= 0.3 is 5.97 Å². The van der Waals surface area contributed by atoms with Crippen molar-refractivity contribution < 1.29 is 18.3 Å². The molecule has 140 valence electrons. The van der Waals surface area contributed by atoms with Crippen molar-refractivity contribution in [2.45, 2.75) is 19.9 Å². The first-order valence-corrected chi connectivity index (χ1v) is 8.97. The standard InChI is InChI=1S/C22H22FNO3/c1-2-26-22(25)18-8-6-17(7-9-18)21-11-10-20(27-21)15-24-13-12-16-4-3-5-19(23)14-16/h3-11,14,24H,2,12-13,15H2,1H3. The van der Waals surface area contributed by atoms with Gasteiger partial charge in [0, 0.05) is 5.56 Å². The number of carbonyl (C=O) groups is 1. The van der Waals surface area contributed by atoms with Crippen LogP contribution in [0.3, 0.4) is 0 Å². The number of rotatable bonds is 8. The van der Waals surface area contributed by atoms with E-state index in [0.717, 1.165) is 35.6 Å². The van der Waals surface area contributed by atoms with Gasteiger partial charge in [0.15, 0.2) is 0 Å². The Morgan fingerprint density at radius 1 is 1.11 bits per heavy atom. The molecule has 0 spiro atoms. The molecule has 0 aliphatic carbocycles. The van der Waals surface area contributed by atoms with Gasteiger partial charge in [-0.15, -0.1) is 0 Å². The minimum Gasteiger partial charge on any atom is -0.462 e. The zero-order valence-electron chi connectivity index (χ0n) is 15.2. The summed E-state index contributed by atoms with van der Waals surface area (Å²) >= 11 is 0. The first-order valence-electron chi connectivity index (χ1n) is 8.97. The molecular weight excluding hydrogens is 345 g/mol. The third-order valence-corrected chi connectivity index (χ3v) is 4.12. The number of furan rings is 1. The summed E-state index contributed by atoms with van der Waals surface area (Å²) in [5.74, 6) is 1.02. The average molecular weight is 367 g/mol. The Morgan fingerprint density at radius 2 is 1.93 bits per heavy atom. The lowest BCUT2D eigenvalue weighted by molar-refractivity contribution is 0.0526. The van der Waals surface area contributed by atoms with Crippen molar-refractivity contribution in [2.24, 2.45) is 0 Å². The van der Waals surface area contributed by atoms with E-state index in [-0.39, 0.29) is 11.8 Å². The maximum atomic E-state index is 13.2. The molecular formula is C22H22FNO3. The van der Waals surface area contributed by atoms with Gasteiger partial charge in [-0.1, -0.05) is 24.3 Å². The molecule has 0 radical (unpaired) electrons. The molecule has 5 heteroatoms. The Balaban J connectivity index is 1.51. The Labute approximate surface area is 158 Å². The highest BCUT2D eigenvalue weighted by molar-refractivity contribution is 5.89. The molecule has 27 heavy (non-hydrogen) atoms. The smallest absolute Gasteiger partial charge is 0.338 e. The van der Waals surface area contributed by atoms with E-state index in [0.29, 0.717) is 18.7 Å². The fourth-order valence-electron chi connectivity index (χ4n) is 2.75. The van der Waals surface area contributed by atoms with Gasteiger partial charge in [0.25, 0.3) is 0 Å². The normalized spacial score (nSPS) is 10.7. The van der Waals surface area contributed by atoms with Gasteiger partial charge in [-0.25, -0.2) is 9.18 Å². The minimum atomic E-state index is -0.327. The maximum absolute atomic E-state index is 13.2. The van der Waals surface area contributed by atoms with Crippen molar-refractivity contribution in [2.75, 3.05) is 13.2 Å². The Bertz CT molecular complexity index is 887. The molecule has 0 saturated heterocycles. The van der Waals surface area contributed by atoms with Crippen LogP contribution in [-0.2, 0) is 17.7 Å². The summed E-state index contributed by atoms with van der Waals surface area (Å²) < 4.78 is 24.0. The molecule has 0 fully saturated rings. The molecule has 4 nitrogen and oxygen atoms in total. The predicted octanol–water partition coefficient (Wildman–Crippen LogP) is 4.59. The van der Waals surface area contributed by atoms with Crippen LogP contribution in [0.15, 0.2) is 65.1 Å². The number of carbonyl (C=O) groups excluding carboxylic acids is 1. The van der Waals surface area contributed by atoms with Gasteiger partial charge in [0.05, 0.1) is 18.7 Å². The highest BCUT2D eigenvalue weighted by atomic mass is 19.1. The summed E-state index contributed by atoms with van der Waals surface area (Å²) in [6, 6.07) is 17.6. The second-order valence-corrected chi connectivity index (χ2v) is 6.12. The number of ether oxygens (including phenoxy) is 1. The molecule has 1 N–H and O–H groups in total. The quantitative estimate of drug-likeness (QED) is 0.467. The third kappa shape index (κ3) is 5.28. The monoisotopic (exact) mass is 367 g/mol. The van der Waals surface area contributed by atoms with Gasteiger partial charge in [0.2, 0.25) is 0 Å². The van der Waals surface area contributed by atoms with Gasteiger partial charge in [-0.3, -0.25) is 0 Å². The Hall–Kier alpha value is -2.92. The summed E-state index contributed by atoms with van der Waals surface area (Å²) in [7, 11) is 0. The van der Waals surface area contributed by atoms with E-state index in [1.54, 1.807) is 31.2 Å². The number of hydrogen-bond acceptors (Lipinski definition) is 4. The van der Waals surface area contributed by atoms with Gasteiger partial charge in [0.1, 0.15) is 17.3 Å². The topological polar surface area (TPSA) is 51.5 Å². The van der Waals surface area contributed by atoms with Crippen LogP contribution in [0.5, 0.6) is 0 Å². The molecule has 0 amide bonds. The zero-order chi connectivity index (χ0) is 19.1. The lowest BCUT2D eigenvalue weighted by atomic mass is 10.1. The van der Waals surface area contributed by atoms with Gasteiger partial charge in [-0.05, 0) is 61.9 Å². The van der Waals surface area contributed by atoms with Crippen LogP contribution >= 0.6 is 0 Å². The number of benzene rings is 2. The van der Waals surface area contributed by atoms with E-state index in [1.165, 1.54) is 6.07 Å². The molecule has 0 aliphatic rings. The van der Waals surface area contributed by atoms with Gasteiger partial charge in [-0.2, -0.15) is 0 Å². The summed E-state index contributed by atoms with van der Waals surface area (Å²) in [4.78, 5) is 11.7. The number of halogens is 1. The SMILES string of the molecule is CCOC(=O)c1ccc(-c2ccc(CNCCc3cccc(F)c3)o2)cc1. The second kappa shape index (κ2) is 9.14. The third-order valence-electron chi connectivity index (χ3n) is 4.12. The van der Waals surface area contributed by atoms with Crippen LogP contribution in [0.1, 0.15) is 28.6 Å². The van der Waals surface area contributed by atoms with Crippen LogP contribution in [0.2, 0.25) is 0 Å². The summed E-state index contributed by atoms with van der Waals surface area (Å²) in [5, 5.41) is 3.30. The van der Waals surface area contributed by atoms with E-state index >= 15 is 0 Å². The van der Waals surface area contributed by atoms with Crippen molar-refractivity contribution in [3.8, 4) is 11.3 Å². The summed E-state index contributed by atoms with van der Waals surface area (Å²) in [5.41, 5.74) is 2.38. The van der Waals surface area contributed by atoms with Crippen molar-refractivity contribution in [1.82, 2.24) is 5.32 Å². The van der Waals surface area contributed by atoms with Crippen molar-refractivity contribution in [3.63, 3.8) is 0 Å². The molecule has 1 aromatic heterocycles. The molecule has 0 atom stereocenters. The minimum absolute atomic E-state index is 0.211. The number of nitrogens with one attached hydrogen (secondary N) is 1. The van der Waals surface area contributed by atoms with E-state index in [4.69, 9.17) is 9.15 Å². The van der Waals surface area contributed by atoms with E-state index < -0.39 is 0 Å². The molecule has 3 aromatic rings. The van der Waals surface area contributed by atoms with Crippen LogP contribution in [0.4, 0.5) is 4.39 Å². The number of hydrogen-bond donors (Lipinski definition) is 1. The average Bonchev–Trinajstić information content (AvgIpc) is 3.15. The van der Waals surface area contributed by atoms with Crippen LogP contribution in [0.25, 0.3) is 11.3 Å². The van der Waals surface area contributed by atoms with Crippen LogP contribution in [0, 0.1) is 5.82 Å². The van der Waals surface area contributed by atoms with Gasteiger partial charge < -0.3 is 14.5 Å². The maximum Gasteiger partial charge on any atom is 0.338 e. The second-order valence-electron chi connectivity index (χ2n) is 6.12. The highest BCUT2D eigenvalue weighted by Gasteiger charge is 2.09. The highest BCUT2D eigenvalue weighted by Crippen LogP contribution is 2.23. The summed E-state index contributed by atoms with van der Waals surface area (Å²) in [6.45, 7) is 3.46. The molecule has 2 aromatic carbocycles. The van der Waals surface area contributed by atoms with E-state index in [2.05, 4.69) is 5.32 Å². The van der Waals surface area contributed by atoms with Crippen LogP contribution < -0.4 is 5.32 Å². The molecule has 1 heterocycles. The summed E-state index contributed by atoms with van der Waals surface area (Å²) in [6.07, 6.45) is 0.751. The van der Waals surface area contributed by atoms with Crippen molar-refractivity contribution >= 4 is 5.97 Å². The first-order chi connectivity index (χ1) is 13.2. The predicted molar refractivity (Wildman–Crippen MR) is 102 cm³/mol. The first kappa shape index (κ1) is 18.9. The molecule has 0 saturated carbocycles. The molecule has 0 aliphatic heterocycles. The lowest BCUT2D eigenvalue weighted by Gasteiger charge is -2.04. The molecule has 0 unspecified atom stereocenters. The lowest BCUT2D eigenvalue weighted by Crippen LogP contribution is -2.16. The van der Waals surface area contributed by atoms with E-state index in [9.17, 15) is 9.18 Å². The largest absolute Gasteiger partial charge is 0.462 e. The van der Waals surface area contributed by atoms with Crippen LogP contribution in [-0.4, -0.2) is 19.1 Å². The Kier molecular flexibility index (Phi) is 6.39. The fourth-order valence-corrected chi connectivity index (χ4v) is 2.75. The molecule has 0 bridgehead atoms. The van der Waals surface area contributed by atoms with Crippen molar-refractivity contribution in [1.29, 1.82) is 0 Å². The number of esters is 1. The van der Waals surface area contributed by atoms with Crippen molar-refractivity contribution in [3.05, 3.63) is 83.4 Å². The fraction of sp³-hybridized carbons (Fsp3) is 0.227. The molecule has 3 rings (SSSR count). The zero-order valence-corrected chi connectivity index (χ0v) is 15.2. The van der Waals surface area contributed by atoms with E-state index in [1.807, 2.05) is 30.3 Å².